The molecule has 4 heterocycles. The third kappa shape index (κ3) is 4.29. The first-order chi connectivity index (χ1) is 16.1. The highest BCUT2D eigenvalue weighted by atomic mass is 35.5. The van der Waals surface area contributed by atoms with E-state index in [1.54, 1.807) is 13.3 Å². The molecule has 1 aliphatic rings. The van der Waals surface area contributed by atoms with Gasteiger partial charge in [-0.15, -0.1) is 0 Å². The van der Waals surface area contributed by atoms with Gasteiger partial charge in [-0.1, -0.05) is 29.8 Å². The van der Waals surface area contributed by atoms with Gasteiger partial charge < -0.3 is 19.5 Å². The first kappa shape index (κ1) is 21.4. The van der Waals surface area contributed by atoms with E-state index in [9.17, 15) is 0 Å². The van der Waals surface area contributed by atoms with Gasteiger partial charge >= 0.3 is 0 Å². The molecule has 166 valence electrons. The Morgan fingerprint density at radius 1 is 1.03 bits per heavy atom. The van der Waals surface area contributed by atoms with Crippen molar-refractivity contribution in [3.05, 3.63) is 107 Å². The highest BCUT2D eigenvalue weighted by Gasteiger charge is 2.41. The standard InChI is InChI=1S/C25H22ClN5OS/c1-32-19-10-7-17(8-11-19)16-31-24(23(29-25(31)33)20-5-2-3-13-27-20)21-6-4-14-30(21)22-12-9-18(26)15-28-22/h2-15,23-24H,16H2,1H3,(H,29,33)/t23-,24+/m1/s1. The van der Waals surface area contributed by atoms with Crippen LogP contribution in [0.1, 0.15) is 29.0 Å². The summed E-state index contributed by atoms with van der Waals surface area (Å²) in [7, 11) is 1.67. The predicted molar refractivity (Wildman–Crippen MR) is 133 cm³/mol. The van der Waals surface area contributed by atoms with Crippen LogP contribution < -0.4 is 10.1 Å². The third-order valence-electron chi connectivity index (χ3n) is 5.75. The Balaban J connectivity index is 1.57. The fourth-order valence-corrected chi connectivity index (χ4v) is 4.60. The van der Waals surface area contributed by atoms with E-state index in [2.05, 4.69) is 43.0 Å². The number of thiocarbonyl (C=S) groups is 1. The fraction of sp³-hybridized carbons (Fsp3) is 0.160. The highest BCUT2D eigenvalue weighted by Crippen LogP contribution is 2.40. The number of pyridine rings is 2. The predicted octanol–water partition coefficient (Wildman–Crippen LogP) is 5.10. The van der Waals surface area contributed by atoms with Crippen molar-refractivity contribution in [2.24, 2.45) is 0 Å². The number of ether oxygens (including phenoxy) is 1. The van der Waals surface area contributed by atoms with E-state index in [-0.39, 0.29) is 12.1 Å². The van der Waals surface area contributed by atoms with E-state index in [1.165, 1.54) is 0 Å². The zero-order chi connectivity index (χ0) is 22.8. The summed E-state index contributed by atoms with van der Waals surface area (Å²) < 4.78 is 7.39. The summed E-state index contributed by atoms with van der Waals surface area (Å²) in [6, 6.07) is 21.7. The van der Waals surface area contributed by atoms with Crippen molar-refractivity contribution in [2.45, 2.75) is 18.6 Å². The molecule has 0 bridgehead atoms. The number of rotatable bonds is 6. The van der Waals surface area contributed by atoms with Crippen LogP contribution >= 0.6 is 23.8 Å². The van der Waals surface area contributed by atoms with E-state index in [1.807, 2.05) is 60.9 Å². The number of hydrogen-bond acceptors (Lipinski definition) is 4. The van der Waals surface area contributed by atoms with E-state index >= 15 is 0 Å². The second kappa shape index (κ2) is 9.21. The number of aromatic nitrogens is 3. The molecule has 5 rings (SSSR count). The van der Waals surface area contributed by atoms with Crippen molar-refractivity contribution >= 4 is 28.9 Å². The zero-order valence-corrected chi connectivity index (χ0v) is 19.5. The maximum absolute atomic E-state index is 6.07. The lowest BCUT2D eigenvalue weighted by Gasteiger charge is -2.29. The van der Waals surface area contributed by atoms with Crippen LogP contribution in [0.4, 0.5) is 0 Å². The van der Waals surface area contributed by atoms with Crippen molar-refractivity contribution in [3.63, 3.8) is 0 Å². The molecule has 8 heteroatoms. The van der Waals surface area contributed by atoms with Crippen molar-refractivity contribution in [3.8, 4) is 11.6 Å². The summed E-state index contributed by atoms with van der Waals surface area (Å²) in [5, 5.41) is 4.79. The quantitative estimate of drug-likeness (QED) is 0.391. The number of hydrogen-bond donors (Lipinski definition) is 1. The smallest absolute Gasteiger partial charge is 0.170 e. The lowest BCUT2D eigenvalue weighted by molar-refractivity contribution is 0.302. The van der Waals surface area contributed by atoms with Gasteiger partial charge in [0.2, 0.25) is 0 Å². The molecular formula is C25H22ClN5OS. The van der Waals surface area contributed by atoms with Crippen LogP contribution in [0.5, 0.6) is 5.75 Å². The Labute approximate surface area is 202 Å². The number of methoxy groups -OCH3 is 1. The Morgan fingerprint density at radius 3 is 2.58 bits per heavy atom. The van der Waals surface area contributed by atoms with E-state index in [0.717, 1.165) is 28.5 Å². The molecule has 4 aromatic rings. The van der Waals surface area contributed by atoms with Crippen LogP contribution in [0.3, 0.4) is 0 Å². The maximum Gasteiger partial charge on any atom is 0.170 e. The van der Waals surface area contributed by atoms with E-state index in [0.29, 0.717) is 16.7 Å². The van der Waals surface area contributed by atoms with Gasteiger partial charge in [0.25, 0.3) is 0 Å². The molecule has 1 saturated heterocycles. The van der Waals surface area contributed by atoms with Crippen LogP contribution in [-0.2, 0) is 6.54 Å². The molecule has 0 radical (unpaired) electrons. The van der Waals surface area contributed by atoms with Gasteiger partial charge in [0.05, 0.1) is 29.9 Å². The minimum Gasteiger partial charge on any atom is -0.497 e. The molecule has 1 N–H and O–H groups in total. The van der Waals surface area contributed by atoms with Crippen LogP contribution in [-0.4, -0.2) is 31.7 Å². The van der Waals surface area contributed by atoms with E-state index < -0.39 is 0 Å². The number of halogens is 1. The SMILES string of the molecule is COc1ccc(CN2C(=S)N[C@H](c3ccccn3)[C@@H]2c2cccn2-c2ccc(Cl)cn2)cc1. The maximum atomic E-state index is 6.07. The molecule has 0 amide bonds. The largest absolute Gasteiger partial charge is 0.497 e. The van der Waals surface area contributed by atoms with Gasteiger partial charge in [0.1, 0.15) is 11.6 Å². The average molecular weight is 476 g/mol. The second-order valence-electron chi connectivity index (χ2n) is 7.74. The van der Waals surface area contributed by atoms with Crippen LogP contribution in [0.15, 0.2) is 85.3 Å². The lowest BCUT2D eigenvalue weighted by atomic mass is 10.0. The van der Waals surface area contributed by atoms with Gasteiger partial charge in [-0.3, -0.25) is 4.98 Å². The molecule has 0 saturated carbocycles. The van der Waals surface area contributed by atoms with Crippen molar-refractivity contribution in [1.29, 1.82) is 0 Å². The monoisotopic (exact) mass is 475 g/mol. The highest BCUT2D eigenvalue weighted by molar-refractivity contribution is 7.80. The molecule has 33 heavy (non-hydrogen) atoms. The topological polar surface area (TPSA) is 55.2 Å². The Kier molecular flexibility index (Phi) is 5.98. The average Bonchev–Trinajstić information content (AvgIpc) is 3.45. The van der Waals surface area contributed by atoms with Gasteiger partial charge in [-0.2, -0.15) is 0 Å². The minimum absolute atomic E-state index is 0.0954. The summed E-state index contributed by atoms with van der Waals surface area (Å²) in [5.74, 6) is 1.62. The van der Waals surface area contributed by atoms with Crippen molar-refractivity contribution in [2.75, 3.05) is 7.11 Å². The molecule has 1 fully saturated rings. The molecule has 0 unspecified atom stereocenters. The molecule has 0 spiro atoms. The second-order valence-corrected chi connectivity index (χ2v) is 8.56. The third-order valence-corrected chi connectivity index (χ3v) is 6.33. The lowest BCUT2D eigenvalue weighted by Crippen LogP contribution is -2.30. The van der Waals surface area contributed by atoms with Gasteiger partial charge in [-0.05, 0) is 66.3 Å². The summed E-state index contributed by atoms with van der Waals surface area (Å²) in [6.07, 6.45) is 5.47. The van der Waals surface area contributed by atoms with Crippen LogP contribution in [0, 0.1) is 0 Å². The van der Waals surface area contributed by atoms with Crippen LogP contribution in [0.25, 0.3) is 5.82 Å². The molecule has 1 aromatic carbocycles. The summed E-state index contributed by atoms with van der Waals surface area (Å²) in [4.78, 5) is 11.4. The molecule has 1 aliphatic heterocycles. The summed E-state index contributed by atoms with van der Waals surface area (Å²) >= 11 is 11.9. The summed E-state index contributed by atoms with van der Waals surface area (Å²) in [6.45, 7) is 0.642. The Hall–Kier alpha value is -3.42. The summed E-state index contributed by atoms with van der Waals surface area (Å²) in [5.41, 5.74) is 3.12. The van der Waals surface area contributed by atoms with Gasteiger partial charge in [-0.25, -0.2) is 4.98 Å². The number of nitrogens with one attached hydrogen (secondary N) is 1. The molecule has 3 aromatic heterocycles. The zero-order valence-electron chi connectivity index (χ0n) is 17.9. The first-order valence-electron chi connectivity index (χ1n) is 10.5. The molecule has 6 nitrogen and oxygen atoms in total. The normalized spacial score (nSPS) is 17.8. The fourth-order valence-electron chi connectivity index (χ4n) is 4.18. The molecular weight excluding hydrogens is 454 g/mol. The molecule has 2 atom stereocenters. The molecule has 0 aliphatic carbocycles. The van der Waals surface area contributed by atoms with Crippen molar-refractivity contribution in [1.82, 2.24) is 24.8 Å². The van der Waals surface area contributed by atoms with Crippen LogP contribution in [0.2, 0.25) is 5.02 Å². The Morgan fingerprint density at radius 2 is 1.88 bits per heavy atom. The number of benzene rings is 1. The minimum atomic E-state index is -0.113. The Bertz CT molecular complexity index is 1240. The van der Waals surface area contributed by atoms with Crippen molar-refractivity contribution < 1.29 is 4.74 Å². The first-order valence-corrected chi connectivity index (χ1v) is 11.3. The number of nitrogens with zero attached hydrogens (tertiary/aromatic N) is 4. The van der Waals surface area contributed by atoms with E-state index in [4.69, 9.17) is 28.6 Å². The van der Waals surface area contributed by atoms with Gasteiger partial charge in [0.15, 0.2) is 5.11 Å². The van der Waals surface area contributed by atoms with Gasteiger partial charge in [0, 0.05) is 30.8 Å².